The Morgan fingerprint density at radius 2 is 2.00 bits per heavy atom. The maximum absolute atomic E-state index is 11.8. The smallest absolute Gasteiger partial charge is 0.339 e. The number of nitrogens with one attached hydrogen (secondary N) is 2. The third-order valence-electron chi connectivity index (χ3n) is 3.58. The summed E-state index contributed by atoms with van der Waals surface area (Å²) in [4.78, 5) is 11.8. The first-order chi connectivity index (χ1) is 13.1. The van der Waals surface area contributed by atoms with Gasteiger partial charge in [-0.05, 0) is 55.1 Å². The maximum atomic E-state index is 11.8. The molecular weight excluding hydrogens is 400 g/mol. The third kappa shape index (κ3) is 7.79. The highest BCUT2D eigenvalue weighted by Gasteiger charge is 2.12. The van der Waals surface area contributed by atoms with Gasteiger partial charge in [0.25, 0.3) is 0 Å². The lowest BCUT2D eigenvalue weighted by Crippen LogP contribution is -2.29. The Morgan fingerprint density at radius 3 is 2.70 bits per heavy atom. The van der Waals surface area contributed by atoms with Gasteiger partial charge < -0.3 is 15.4 Å². The van der Waals surface area contributed by atoms with Crippen molar-refractivity contribution in [3.63, 3.8) is 0 Å². The molecule has 0 aromatic heterocycles. The van der Waals surface area contributed by atoms with Gasteiger partial charge in [-0.3, -0.25) is 0 Å². The Morgan fingerprint density at radius 1 is 1.22 bits per heavy atom. The van der Waals surface area contributed by atoms with Gasteiger partial charge in [0.15, 0.2) is 5.11 Å². The maximum Gasteiger partial charge on any atom is 0.339 e. The molecule has 7 heteroatoms. The number of thioether (sulfide) groups is 1. The SMILES string of the molecule is CCOC(=O)c1ccc(NC(=S)NCCCSCc2ccccc2)cc1Cl. The summed E-state index contributed by atoms with van der Waals surface area (Å²) in [5.74, 6) is 1.65. The van der Waals surface area contributed by atoms with Gasteiger partial charge in [-0.25, -0.2) is 4.79 Å². The van der Waals surface area contributed by atoms with Crippen molar-refractivity contribution in [1.82, 2.24) is 5.32 Å². The molecule has 0 spiro atoms. The number of rotatable bonds is 9. The fraction of sp³-hybridized carbons (Fsp3) is 0.300. The predicted molar refractivity (Wildman–Crippen MR) is 119 cm³/mol. The molecule has 2 rings (SSSR count). The zero-order chi connectivity index (χ0) is 19.5. The molecule has 0 fully saturated rings. The summed E-state index contributed by atoms with van der Waals surface area (Å²) in [5, 5.41) is 7.12. The number of carbonyl (C=O) groups excluding carboxylic acids is 1. The highest BCUT2D eigenvalue weighted by molar-refractivity contribution is 7.98. The Bertz CT molecular complexity index is 757. The van der Waals surface area contributed by atoms with Crippen LogP contribution in [0, 0.1) is 0 Å². The summed E-state index contributed by atoms with van der Waals surface area (Å²) in [6, 6.07) is 15.5. The molecule has 0 aliphatic rings. The molecular formula is C20H23ClN2O2S2. The number of benzene rings is 2. The molecule has 0 unspecified atom stereocenters. The molecule has 144 valence electrons. The van der Waals surface area contributed by atoms with Crippen LogP contribution in [0.2, 0.25) is 5.02 Å². The van der Waals surface area contributed by atoms with Crippen molar-refractivity contribution in [1.29, 1.82) is 0 Å². The Labute approximate surface area is 175 Å². The van der Waals surface area contributed by atoms with Crippen molar-refractivity contribution in [3.05, 3.63) is 64.7 Å². The molecule has 2 aromatic rings. The normalized spacial score (nSPS) is 10.3. The second-order valence-electron chi connectivity index (χ2n) is 5.69. The van der Waals surface area contributed by atoms with Crippen LogP contribution in [0.1, 0.15) is 29.3 Å². The fourth-order valence-electron chi connectivity index (χ4n) is 2.28. The molecule has 27 heavy (non-hydrogen) atoms. The molecule has 0 saturated heterocycles. The topological polar surface area (TPSA) is 50.4 Å². The van der Waals surface area contributed by atoms with Crippen LogP contribution in [-0.2, 0) is 10.5 Å². The molecule has 2 N–H and O–H groups in total. The molecule has 0 atom stereocenters. The van der Waals surface area contributed by atoms with Crippen molar-refractivity contribution in [3.8, 4) is 0 Å². The minimum absolute atomic E-state index is 0.312. The molecule has 0 radical (unpaired) electrons. The highest BCUT2D eigenvalue weighted by Crippen LogP contribution is 2.22. The average Bonchev–Trinajstić information content (AvgIpc) is 2.65. The lowest BCUT2D eigenvalue weighted by Gasteiger charge is -2.12. The third-order valence-corrected chi connectivity index (χ3v) is 5.26. The van der Waals surface area contributed by atoms with Crippen LogP contribution in [0.3, 0.4) is 0 Å². The summed E-state index contributed by atoms with van der Waals surface area (Å²) in [7, 11) is 0. The van der Waals surface area contributed by atoms with E-state index >= 15 is 0 Å². The first-order valence-electron chi connectivity index (χ1n) is 8.73. The minimum atomic E-state index is -0.428. The zero-order valence-corrected chi connectivity index (χ0v) is 17.6. The van der Waals surface area contributed by atoms with E-state index < -0.39 is 5.97 Å². The summed E-state index contributed by atoms with van der Waals surface area (Å²) < 4.78 is 4.96. The van der Waals surface area contributed by atoms with E-state index in [0.717, 1.165) is 30.2 Å². The second-order valence-corrected chi connectivity index (χ2v) is 7.61. The first-order valence-corrected chi connectivity index (χ1v) is 10.7. The van der Waals surface area contributed by atoms with Crippen molar-refractivity contribution in [2.24, 2.45) is 0 Å². The van der Waals surface area contributed by atoms with Gasteiger partial charge in [-0.1, -0.05) is 41.9 Å². The zero-order valence-electron chi connectivity index (χ0n) is 15.2. The van der Waals surface area contributed by atoms with E-state index in [1.807, 2.05) is 17.8 Å². The number of thiocarbonyl (C=S) groups is 1. The van der Waals surface area contributed by atoms with Gasteiger partial charge in [0.05, 0.1) is 17.2 Å². The van der Waals surface area contributed by atoms with E-state index in [1.54, 1.807) is 25.1 Å². The minimum Gasteiger partial charge on any atom is -0.462 e. The molecule has 0 heterocycles. The van der Waals surface area contributed by atoms with Crippen LogP contribution in [-0.4, -0.2) is 30.0 Å². The highest BCUT2D eigenvalue weighted by atomic mass is 35.5. The number of esters is 1. The molecule has 0 aliphatic carbocycles. The lowest BCUT2D eigenvalue weighted by molar-refractivity contribution is 0.0526. The van der Waals surface area contributed by atoms with E-state index in [9.17, 15) is 4.79 Å². The van der Waals surface area contributed by atoms with E-state index in [1.165, 1.54) is 5.56 Å². The first kappa shape index (κ1) is 21.5. The van der Waals surface area contributed by atoms with Crippen LogP contribution < -0.4 is 10.6 Å². The van der Waals surface area contributed by atoms with Crippen molar-refractivity contribution in [2.45, 2.75) is 19.1 Å². The standard InChI is InChI=1S/C20H23ClN2O2S2/c1-2-25-19(24)17-10-9-16(13-18(17)21)23-20(26)22-11-6-12-27-14-15-7-4-3-5-8-15/h3-5,7-10,13H,2,6,11-12,14H2,1H3,(H2,22,23,26). The number of hydrogen-bond donors (Lipinski definition) is 2. The van der Waals surface area contributed by atoms with E-state index in [4.69, 9.17) is 28.6 Å². The van der Waals surface area contributed by atoms with Crippen molar-refractivity contribution < 1.29 is 9.53 Å². The Balaban J connectivity index is 1.66. The van der Waals surface area contributed by atoms with Gasteiger partial charge in [-0.15, -0.1) is 0 Å². The Kier molecular flexibility index (Phi) is 9.45. The van der Waals surface area contributed by atoms with Crippen LogP contribution in [0.25, 0.3) is 0 Å². The quantitative estimate of drug-likeness (QED) is 0.332. The van der Waals surface area contributed by atoms with E-state index in [2.05, 4.69) is 34.9 Å². The molecule has 4 nitrogen and oxygen atoms in total. The molecule has 0 amide bonds. The van der Waals surface area contributed by atoms with Crippen LogP contribution in [0.15, 0.2) is 48.5 Å². The van der Waals surface area contributed by atoms with Crippen molar-refractivity contribution in [2.75, 3.05) is 24.2 Å². The monoisotopic (exact) mass is 422 g/mol. The van der Waals surface area contributed by atoms with E-state index in [-0.39, 0.29) is 0 Å². The van der Waals surface area contributed by atoms with Crippen molar-refractivity contribution >= 4 is 52.3 Å². The lowest BCUT2D eigenvalue weighted by atomic mass is 10.2. The second kappa shape index (κ2) is 11.8. The average molecular weight is 423 g/mol. The number of anilines is 1. The predicted octanol–water partition coefficient (Wildman–Crippen LogP) is 5.13. The van der Waals surface area contributed by atoms with Gasteiger partial charge in [0, 0.05) is 18.0 Å². The number of halogens is 1. The van der Waals surface area contributed by atoms with Crippen LogP contribution in [0.4, 0.5) is 5.69 Å². The summed E-state index contributed by atoms with van der Waals surface area (Å²) >= 11 is 13.4. The molecule has 0 bridgehead atoms. The number of carbonyl (C=O) groups is 1. The van der Waals surface area contributed by atoms with Gasteiger partial charge in [0.2, 0.25) is 0 Å². The largest absolute Gasteiger partial charge is 0.462 e. The van der Waals surface area contributed by atoms with Gasteiger partial charge >= 0.3 is 5.97 Å². The fourth-order valence-corrected chi connectivity index (χ4v) is 3.68. The van der Waals surface area contributed by atoms with E-state index in [0.29, 0.717) is 22.3 Å². The van der Waals surface area contributed by atoms with Gasteiger partial charge in [-0.2, -0.15) is 11.8 Å². The summed E-state index contributed by atoms with van der Waals surface area (Å²) in [6.07, 6.45) is 1.02. The van der Waals surface area contributed by atoms with Crippen LogP contribution in [0.5, 0.6) is 0 Å². The van der Waals surface area contributed by atoms with Gasteiger partial charge in [0.1, 0.15) is 0 Å². The molecule has 2 aromatic carbocycles. The Hall–Kier alpha value is -1.76. The van der Waals surface area contributed by atoms with Crippen LogP contribution >= 0.6 is 35.6 Å². The molecule has 0 aliphatic heterocycles. The number of hydrogen-bond acceptors (Lipinski definition) is 4. The molecule has 0 saturated carbocycles. The number of ether oxygens (including phenoxy) is 1. The summed E-state index contributed by atoms with van der Waals surface area (Å²) in [5.41, 5.74) is 2.41. The summed E-state index contributed by atoms with van der Waals surface area (Å²) in [6.45, 7) is 2.86.